The Hall–Kier alpha value is -2.76. The number of benzene rings is 2. The fourth-order valence-electron chi connectivity index (χ4n) is 2.50. The molecule has 0 aliphatic heterocycles. The van der Waals surface area contributed by atoms with Crippen molar-refractivity contribution in [2.75, 3.05) is 20.8 Å². The zero-order valence-corrected chi connectivity index (χ0v) is 14.4. The molecule has 0 aromatic heterocycles. The average molecular weight is 332 g/mol. The maximum Gasteiger partial charge on any atom is 0.338 e. The van der Waals surface area contributed by atoms with Crippen LogP contribution in [0.1, 0.15) is 29.8 Å². The highest BCUT2D eigenvalue weighted by Gasteiger charge is 2.21. The molecule has 0 aliphatic carbocycles. The van der Waals surface area contributed by atoms with Crippen molar-refractivity contribution in [3.63, 3.8) is 0 Å². The van der Waals surface area contributed by atoms with Crippen molar-refractivity contribution in [3.8, 4) is 17.2 Å². The summed E-state index contributed by atoms with van der Waals surface area (Å²) in [6, 6.07) is 5.11. The lowest BCUT2D eigenvalue weighted by Crippen LogP contribution is -2.10. The second-order valence-electron chi connectivity index (χ2n) is 5.12. The third-order valence-electron chi connectivity index (χ3n) is 3.59. The van der Waals surface area contributed by atoms with Crippen molar-refractivity contribution in [2.24, 2.45) is 0 Å². The number of hydrogen-bond acceptors (Lipinski definition) is 6. The predicted octanol–water partition coefficient (Wildman–Crippen LogP) is 3.27. The van der Waals surface area contributed by atoms with Crippen LogP contribution in [-0.4, -0.2) is 32.8 Å². The van der Waals surface area contributed by atoms with Gasteiger partial charge in [-0.05, 0) is 26.0 Å². The standard InChI is InChI=1S/C18H20O6/c1-6-23-18(20)13-9-14-15(17(10(13)2)24-11(3)19)7-12(21-4)8-16(14)22-5/h7-9H,6H2,1-5H3. The van der Waals surface area contributed by atoms with Gasteiger partial charge in [-0.2, -0.15) is 0 Å². The molecule has 2 rings (SSSR count). The largest absolute Gasteiger partial charge is 0.497 e. The average Bonchev–Trinajstić information content (AvgIpc) is 2.55. The van der Waals surface area contributed by atoms with Crippen molar-refractivity contribution in [2.45, 2.75) is 20.8 Å². The van der Waals surface area contributed by atoms with Crippen LogP contribution in [0.25, 0.3) is 10.8 Å². The van der Waals surface area contributed by atoms with Crippen LogP contribution in [0.2, 0.25) is 0 Å². The number of carbonyl (C=O) groups is 2. The highest BCUT2D eigenvalue weighted by Crippen LogP contribution is 2.40. The van der Waals surface area contributed by atoms with Gasteiger partial charge in [0.2, 0.25) is 0 Å². The van der Waals surface area contributed by atoms with Gasteiger partial charge in [0.15, 0.2) is 0 Å². The second-order valence-corrected chi connectivity index (χ2v) is 5.12. The van der Waals surface area contributed by atoms with E-state index in [2.05, 4.69) is 0 Å². The van der Waals surface area contributed by atoms with E-state index in [1.165, 1.54) is 21.1 Å². The van der Waals surface area contributed by atoms with E-state index in [0.29, 0.717) is 39.1 Å². The van der Waals surface area contributed by atoms with E-state index in [9.17, 15) is 9.59 Å². The Labute approximate surface area is 140 Å². The minimum Gasteiger partial charge on any atom is -0.497 e. The van der Waals surface area contributed by atoms with E-state index in [1.54, 1.807) is 32.0 Å². The number of rotatable bonds is 5. The van der Waals surface area contributed by atoms with Crippen LogP contribution in [0, 0.1) is 6.92 Å². The van der Waals surface area contributed by atoms with E-state index in [0.717, 1.165) is 0 Å². The van der Waals surface area contributed by atoms with Crippen molar-refractivity contribution in [1.82, 2.24) is 0 Å². The van der Waals surface area contributed by atoms with Gasteiger partial charge < -0.3 is 18.9 Å². The normalized spacial score (nSPS) is 10.4. The number of methoxy groups -OCH3 is 2. The fraction of sp³-hybridized carbons (Fsp3) is 0.333. The molecule has 0 radical (unpaired) electrons. The summed E-state index contributed by atoms with van der Waals surface area (Å²) >= 11 is 0. The van der Waals surface area contributed by atoms with Crippen molar-refractivity contribution in [1.29, 1.82) is 0 Å². The summed E-state index contributed by atoms with van der Waals surface area (Å²) in [5, 5.41) is 1.25. The minimum absolute atomic E-state index is 0.249. The molecule has 0 saturated heterocycles. The Morgan fingerprint density at radius 2 is 1.75 bits per heavy atom. The van der Waals surface area contributed by atoms with Gasteiger partial charge in [-0.3, -0.25) is 4.79 Å². The van der Waals surface area contributed by atoms with Crippen LogP contribution >= 0.6 is 0 Å². The minimum atomic E-state index is -0.484. The Morgan fingerprint density at radius 1 is 1.04 bits per heavy atom. The van der Waals surface area contributed by atoms with Gasteiger partial charge in [-0.15, -0.1) is 0 Å². The van der Waals surface area contributed by atoms with Crippen molar-refractivity contribution in [3.05, 3.63) is 29.3 Å². The molecule has 24 heavy (non-hydrogen) atoms. The summed E-state index contributed by atoms with van der Waals surface area (Å²) in [5.41, 5.74) is 0.843. The van der Waals surface area contributed by atoms with E-state index in [-0.39, 0.29) is 6.61 Å². The maximum absolute atomic E-state index is 12.2. The van der Waals surface area contributed by atoms with Gasteiger partial charge in [0.05, 0.1) is 26.4 Å². The molecule has 0 amide bonds. The van der Waals surface area contributed by atoms with Crippen LogP contribution in [-0.2, 0) is 9.53 Å². The molecular formula is C18H20O6. The predicted molar refractivity (Wildman–Crippen MR) is 89.1 cm³/mol. The molecule has 2 aromatic carbocycles. The van der Waals surface area contributed by atoms with Gasteiger partial charge >= 0.3 is 11.9 Å². The molecule has 0 fully saturated rings. The van der Waals surface area contributed by atoms with Crippen LogP contribution in [0.15, 0.2) is 18.2 Å². The van der Waals surface area contributed by atoms with E-state index in [4.69, 9.17) is 18.9 Å². The van der Waals surface area contributed by atoms with Gasteiger partial charge in [0.25, 0.3) is 0 Å². The number of hydrogen-bond donors (Lipinski definition) is 0. The topological polar surface area (TPSA) is 71.1 Å². The molecule has 0 aliphatic rings. The maximum atomic E-state index is 12.2. The lowest BCUT2D eigenvalue weighted by atomic mass is 9.99. The lowest BCUT2D eigenvalue weighted by Gasteiger charge is -2.16. The van der Waals surface area contributed by atoms with E-state index < -0.39 is 11.9 Å². The molecule has 0 unspecified atom stereocenters. The first-order valence-corrected chi connectivity index (χ1v) is 7.47. The molecule has 0 saturated carbocycles. The Bertz CT molecular complexity index is 794. The monoisotopic (exact) mass is 332 g/mol. The zero-order chi connectivity index (χ0) is 17.9. The summed E-state index contributed by atoms with van der Waals surface area (Å²) in [5.74, 6) is 0.380. The Balaban J connectivity index is 2.85. The third-order valence-corrected chi connectivity index (χ3v) is 3.59. The molecule has 128 valence electrons. The molecular weight excluding hydrogens is 312 g/mol. The summed E-state index contributed by atoms with van der Waals surface area (Å²) in [4.78, 5) is 23.8. The first-order chi connectivity index (χ1) is 11.4. The Kier molecular flexibility index (Phi) is 5.28. The van der Waals surface area contributed by atoms with Crippen molar-refractivity contribution >= 4 is 22.7 Å². The Morgan fingerprint density at radius 3 is 2.29 bits per heavy atom. The first-order valence-electron chi connectivity index (χ1n) is 7.47. The molecule has 0 atom stereocenters. The molecule has 0 heterocycles. The first kappa shape index (κ1) is 17.6. The third kappa shape index (κ3) is 3.27. The fourth-order valence-corrected chi connectivity index (χ4v) is 2.50. The molecule has 0 N–H and O–H groups in total. The highest BCUT2D eigenvalue weighted by atomic mass is 16.5. The van der Waals surface area contributed by atoms with Crippen LogP contribution in [0.3, 0.4) is 0 Å². The van der Waals surface area contributed by atoms with E-state index in [1.807, 2.05) is 0 Å². The zero-order valence-electron chi connectivity index (χ0n) is 14.4. The van der Waals surface area contributed by atoms with Gasteiger partial charge in [0.1, 0.15) is 17.2 Å². The second kappa shape index (κ2) is 7.21. The van der Waals surface area contributed by atoms with Crippen molar-refractivity contribution < 1.29 is 28.5 Å². The van der Waals surface area contributed by atoms with Gasteiger partial charge in [0, 0.05) is 29.3 Å². The van der Waals surface area contributed by atoms with Crippen LogP contribution < -0.4 is 14.2 Å². The number of esters is 2. The quantitative estimate of drug-likeness (QED) is 0.618. The summed E-state index contributed by atoms with van der Waals surface area (Å²) < 4.78 is 21.1. The number of ether oxygens (including phenoxy) is 4. The molecule has 0 spiro atoms. The smallest absolute Gasteiger partial charge is 0.338 e. The summed E-state index contributed by atoms with van der Waals surface area (Å²) in [6.45, 7) is 4.99. The van der Waals surface area contributed by atoms with Crippen LogP contribution in [0.5, 0.6) is 17.2 Å². The van der Waals surface area contributed by atoms with Crippen LogP contribution in [0.4, 0.5) is 0 Å². The number of fused-ring (bicyclic) bond motifs is 1. The SMILES string of the molecule is CCOC(=O)c1cc2c(OC)cc(OC)cc2c(OC(C)=O)c1C. The highest BCUT2D eigenvalue weighted by molar-refractivity contribution is 6.04. The van der Waals surface area contributed by atoms with E-state index >= 15 is 0 Å². The summed E-state index contributed by atoms with van der Waals surface area (Å²) in [7, 11) is 3.05. The lowest BCUT2D eigenvalue weighted by molar-refractivity contribution is -0.131. The molecule has 6 nitrogen and oxygen atoms in total. The number of carbonyl (C=O) groups excluding carboxylic acids is 2. The van der Waals surface area contributed by atoms with Gasteiger partial charge in [-0.1, -0.05) is 0 Å². The molecule has 6 heteroatoms. The molecule has 0 bridgehead atoms. The summed E-state index contributed by atoms with van der Waals surface area (Å²) in [6.07, 6.45) is 0. The van der Waals surface area contributed by atoms with Gasteiger partial charge in [-0.25, -0.2) is 4.79 Å². The molecule has 2 aromatic rings.